The smallest absolute Gasteiger partial charge is 0.411 e. The number of carbonyl (C=O) groups is 2. The summed E-state index contributed by atoms with van der Waals surface area (Å²) in [6, 6.07) is 15.5. The lowest BCUT2D eigenvalue weighted by molar-refractivity contribution is -0.176. The highest BCUT2D eigenvalue weighted by Gasteiger charge is 2.27. The molecule has 0 aliphatic heterocycles. The zero-order valence-electron chi connectivity index (χ0n) is 17.4. The predicted octanol–water partition coefficient (Wildman–Crippen LogP) is 4.44. The number of esters is 1. The Morgan fingerprint density at radius 3 is 2.39 bits per heavy atom. The van der Waals surface area contributed by atoms with Crippen LogP contribution in [0.1, 0.15) is 32.2 Å². The van der Waals surface area contributed by atoms with Crippen LogP contribution >= 0.6 is 11.3 Å². The van der Waals surface area contributed by atoms with Gasteiger partial charge < -0.3 is 14.8 Å². The van der Waals surface area contributed by atoms with Gasteiger partial charge in [0.1, 0.15) is 18.2 Å². The minimum atomic E-state index is -4.38. The lowest BCUT2D eigenvalue weighted by Gasteiger charge is -2.08. The molecular formula is C23H21F3N2O4S. The molecule has 0 atom stereocenters. The van der Waals surface area contributed by atoms with Crippen molar-refractivity contribution in [3.63, 3.8) is 0 Å². The molecule has 10 heteroatoms. The molecule has 0 aliphatic carbocycles. The normalized spacial score (nSPS) is 11.2. The van der Waals surface area contributed by atoms with Crippen molar-refractivity contribution in [2.24, 2.45) is 0 Å². The maximum atomic E-state index is 12.2. The van der Waals surface area contributed by atoms with Gasteiger partial charge in [0.05, 0.1) is 24.3 Å². The minimum absolute atomic E-state index is 0.0581. The fraction of sp³-hybridized carbons (Fsp3) is 0.261. The van der Waals surface area contributed by atoms with Crippen LogP contribution in [-0.2, 0) is 40.4 Å². The van der Waals surface area contributed by atoms with Gasteiger partial charge in [0.2, 0.25) is 5.91 Å². The van der Waals surface area contributed by atoms with Gasteiger partial charge in [-0.05, 0) is 23.3 Å². The number of nitrogens with zero attached hydrogens (tertiary/aromatic N) is 1. The van der Waals surface area contributed by atoms with E-state index in [9.17, 15) is 22.8 Å². The molecule has 1 heterocycles. The highest BCUT2D eigenvalue weighted by molar-refractivity contribution is 7.09. The molecule has 174 valence electrons. The number of carbonyl (C=O) groups excluding carboxylic acids is 2. The second kappa shape index (κ2) is 11.6. The zero-order valence-corrected chi connectivity index (χ0v) is 18.2. The van der Waals surface area contributed by atoms with E-state index in [-0.39, 0.29) is 31.1 Å². The van der Waals surface area contributed by atoms with Crippen molar-refractivity contribution in [2.75, 3.05) is 6.61 Å². The number of ether oxygens (including phenoxy) is 2. The Kier molecular flexibility index (Phi) is 8.56. The Bertz CT molecular complexity index is 1050. The van der Waals surface area contributed by atoms with Crippen LogP contribution in [0.25, 0.3) is 0 Å². The molecule has 0 radical (unpaired) electrons. The molecule has 6 nitrogen and oxygen atoms in total. The fourth-order valence-corrected chi connectivity index (χ4v) is 3.51. The van der Waals surface area contributed by atoms with Crippen molar-refractivity contribution in [3.8, 4) is 0 Å². The first-order chi connectivity index (χ1) is 15.8. The first kappa shape index (κ1) is 24.4. The average Bonchev–Trinajstić information content (AvgIpc) is 3.23. The largest absolute Gasteiger partial charge is 0.456 e. The van der Waals surface area contributed by atoms with Gasteiger partial charge in [0.25, 0.3) is 0 Å². The number of alkyl halides is 3. The topological polar surface area (TPSA) is 77.5 Å². The summed E-state index contributed by atoms with van der Waals surface area (Å²) in [6.07, 6.45) is -4.26. The van der Waals surface area contributed by atoms with E-state index in [1.807, 2.05) is 30.3 Å². The third kappa shape index (κ3) is 8.66. The highest BCUT2D eigenvalue weighted by atomic mass is 32.1. The van der Waals surface area contributed by atoms with Crippen LogP contribution in [0.3, 0.4) is 0 Å². The van der Waals surface area contributed by atoms with Gasteiger partial charge in [-0.3, -0.25) is 4.79 Å². The standard InChI is InChI=1S/C23H21F3N2O4S/c24-23(25,26)15-31-12-17-6-8-18(9-7-17)22(30)32-13-19-14-33-21(28-19)10-20(29)27-11-16-4-2-1-3-5-16/h1-9,14H,10-13,15H2,(H,27,29). The summed E-state index contributed by atoms with van der Waals surface area (Å²) in [4.78, 5) is 28.6. The molecule has 0 saturated heterocycles. The molecule has 0 saturated carbocycles. The fourth-order valence-electron chi connectivity index (χ4n) is 2.74. The lowest BCUT2D eigenvalue weighted by atomic mass is 10.1. The highest BCUT2D eigenvalue weighted by Crippen LogP contribution is 2.16. The van der Waals surface area contributed by atoms with Crippen molar-refractivity contribution >= 4 is 23.2 Å². The zero-order chi connectivity index (χ0) is 23.7. The van der Waals surface area contributed by atoms with E-state index >= 15 is 0 Å². The molecule has 0 aliphatic rings. The van der Waals surface area contributed by atoms with Gasteiger partial charge in [-0.1, -0.05) is 42.5 Å². The van der Waals surface area contributed by atoms with E-state index in [4.69, 9.17) is 4.74 Å². The van der Waals surface area contributed by atoms with E-state index in [0.29, 0.717) is 22.8 Å². The van der Waals surface area contributed by atoms with Crippen LogP contribution in [0.15, 0.2) is 60.0 Å². The van der Waals surface area contributed by atoms with Crippen molar-refractivity contribution in [3.05, 3.63) is 87.4 Å². The second-order valence-electron chi connectivity index (χ2n) is 7.05. The summed E-state index contributed by atoms with van der Waals surface area (Å²) in [6.45, 7) is -1.17. The Labute approximate surface area is 192 Å². The molecule has 2 aromatic carbocycles. The van der Waals surface area contributed by atoms with Crippen LogP contribution in [0.5, 0.6) is 0 Å². The summed E-state index contributed by atoms with van der Waals surface area (Å²) < 4.78 is 46.1. The summed E-state index contributed by atoms with van der Waals surface area (Å²) in [5, 5.41) is 5.15. The maximum Gasteiger partial charge on any atom is 0.411 e. The number of rotatable bonds is 10. The van der Waals surface area contributed by atoms with Gasteiger partial charge in [0.15, 0.2) is 0 Å². The molecule has 1 amide bonds. The summed E-state index contributed by atoms with van der Waals surface area (Å²) in [7, 11) is 0. The maximum absolute atomic E-state index is 12.2. The number of halogens is 3. The Morgan fingerprint density at radius 1 is 0.970 bits per heavy atom. The molecule has 1 aromatic heterocycles. The molecule has 33 heavy (non-hydrogen) atoms. The Hall–Kier alpha value is -3.24. The quantitative estimate of drug-likeness (QED) is 0.436. The lowest BCUT2D eigenvalue weighted by Crippen LogP contribution is -2.24. The number of amides is 1. The number of thiazole rings is 1. The monoisotopic (exact) mass is 478 g/mol. The molecule has 0 bridgehead atoms. The van der Waals surface area contributed by atoms with Crippen LogP contribution in [0, 0.1) is 0 Å². The molecule has 3 aromatic rings. The van der Waals surface area contributed by atoms with Crippen LogP contribution in [0.4, 0.5) is 13.2 Å². The van der Waals surface area contributed by atoms with Gasteiger partial charge >= 0.3 is 12.1 Å². The molecule has 3 rings (SSSR count). The average molecular weight is 478 g/mol. The van der Waals surface area contributed by atoms with Crippen LogP contribution < -0.4 is 5.32 Å². The van der Waals surface area contributed by atoms with Gasteiger partial charge in [0, 0.05) is 11.9 Å². The first-order valence-electron chi connectivity index (χ1n) is 9.93. The first-order valence-corrected chi connectivity index (χ1v) is 10.8. The number of nitrogens with one attached hydrogen (secondary N) is 1. The van der Waals surface area contributed by atoms with Crippen LogP contribution in [-0.4, -0.2) is 29.6 Å². The number of hydrogen-bond donors (Lipinski definition) is 1. The third-order valence-corrected chi connectivity index (χ3v) is 5.22. The van der Waals surface area contributed by atoms with E-state index in [0.717, 1.165) is 5.56 Å². The van der Waals surface area contributed by atoms with Crippen LogP contribution in [0.2, 0.25) is 0 Å². The van der Waals surface area contributed by atoms with Gasteiger partial charge in [-0.25, -0.2) is 9.78 Å². The summed E-state index contributed by atoms with van der Waals surface area (Å²) in [5.41, 5.74) is 2.28. The molecular weight excluding hydrogens is 457 g/mol. The van der Waals surface area contributed by atoms with Crippen molar-refractivity contribution < 1.29 is 32.2 Å². The number of hydrogen-bond acceptors (Lipinski definition) is 6. The number of aromatic nitrogens is 1. The minimum Gasteiger partial charge on any atom is -0.456 e. The van der Waals surface area contributed by atoms with Gasteiger partial charge in [-0.15, -0.1) is 11.3 Å². The Balaban J connectivity index is 1.41. The summed E-state index contributed by atoms with van der Waals surface area (Å²) >= 11 is 1.30. The molecule has 0 spiro atoms. The molecule has 1 N–H and O–H groups in total. The molecule has 0 fully saturated rings. The van der Waals surface area contributed by atoms with Crippen molar-refractivity contribution in [1.82, 2.24) is 10.3 Å². The van der Waals surface area contributed by atoms with E-state index in [2.05, 4.69) is 15.0 Å². The SMILES string of the molecule is O=C(Cc1nc(COC(=O)c2ccc(COCC(F)(F)F)cc2)cs1)NCc1ccccc1. The third-order valence-electron chi connectivity index (χ3n) is 4.32. The summed E-state index contributed by atoms with van der Waals surface area (Å²) in [5.74, 6) is -0.746. The Morgan fingerprint density at radius 2 is 1.70 bits per heavy atom. The van der Waals surface area contributed by atoms with E-state index < -0.39 is 18.8 Å². The number of benzene rings is 2. The van der Waals surface area contributed by atoms with Crippen molar-refractivity contribution in [1.29, 1.82) is 0 Å². The van der Waals surface area contributed by atoms with E-state index in [1.54, 1.807) is 5.38 Å². The van der Waals surface area contributed by atoms with E-state index in [1.165, 1.54) is 35.6 Å². The molecule has 0 unspecified atom stereocenters. The predicted molar refractivity (Wildman–Crippen MR) is 115 cm³/mol. The second-order valence-corrected chi connectivity index (χ2v) is 8.00. The van der Waals surface area contributed by atoms with Crippen molar-refractivity contribution in [2.45, 2.75) is 32.4 Å². The van der Waals surface area contributed by atoms with Gasteiger partial charge in [-0.2, -0.15) is 13.2 Å².